The maximum absolute atomic E-state index is 14.7. The maximum atomic E-state index is 14.7. The zero-order valence-corrected chi connectivity index (χ0v) is 24.5. The molecule has 8 nitrogen and oxygen atoms in total. The number of esters is 1. The van der Waals surface area contributed by atoms with Gasteiger partial charge in [0.25, 0.3) is 0 Å². The Morgan fingerprint density at radius 3 is 2.29 bits per heavy atom. The predicted octanol–water partition coefficient (Wildman–Crippen LogP) is 7.00. The lowest BCUT2D eigenvalue weighted by atomic mass is 9.83. The van der Waals surface area contributed by atoms with Gasteiger partial charge in [-0.05, 0) is 61.9 Å². The van der Waals surface area contributed by atoms with E-state index in [1.165, 1.54) is 27.4 Å². The summed E-state index contributed by atoms with van der Waals surface area (Å²) in [5.41, 5.74) is 3.37. The molecule has 0 bridgehead atoms. The van der Waals surface area contributed by atoms with Crippen molar-refractivity contribution in [2.24, 2.45) is 5.92 Å². The largest absolute Gasteiger partial charge is 0.491 e. The van der Waals surface area contributed by atoms with Crippen LogP contribution in [0.3, 0.4) is 0 Å². The Kier molecular flexibility index (Phi) is 8.61. The van der Waals surface area contributed by atoms with Crippen LogP contribution in [0, 0.1) is 31.4 Å². The molecule has 222 valence electrons. The summed E-state index contributed by atoms with van der Waals surface area (Å²) < 4.78 is 53.4. The second kappa shape index (κ2) is 12.3. The highest BCUT2D eigenvalue weighted by Crippen LogP contribution is 2.41. The maximum Gasteiger partial charge on any atom is 0.337 e. The number of nitrogens with zero attached hydrogens (tertiary/aromatic N) is 3. The monoisotopic (exact) mass is 579 g/mol. The van der Waals surface area contributed by atoms with Crippen molar-refractivity contribution in [1.29, 1.82) is 0 Å². The second-order valence-corrected chi connectivity index (χ2v) is 10.7. The van der Waals surface area contributed by atoms with Crippen LogP contribution in [0.15, 0.2) is 36.4 Å². The lowest BCUT2D eigenvalue weighted by molar-refractivity contribution is 0.0600. The van der Waals surface area contributed by atoms with Crippen LogP contribution in [-0.4, -0.2) is 48.4 Å². The highest BCUT2D eigenvalue weighted by Gasteiger charge is 2.32. The molecular weight excluding hydrogens is 544 g/mol. The van der Waals surface area contributed by atoms with E-state index < -0.39 is 17.6 Å². The minimum Gasteiger partial charge on any atom is -0.491 e. The molecule has 0 radical (unpaired) electrons. The number of carbonyl (C=O) groups excluding carboxylic acids is 1. The number of benzene rings is 2. The van der Waals surface area contributed by atoms with Gasteiger partial charge in [-0.3, -0.25) is 0 Å². The van der Waals surface area contributed by atoms with E-state index in [4.69, 9.17) is 23.9 Å². The lowest BCUT2D eigenvalue weighted by Gasteiger charge is -2.33. The molecule has 4 aromatic rings. The van der Waals surface area contributed by atoms with Crippen molar-refractivity contribution >= 4 is 17.0 Å². The molecule has 1 fully saturated rings. The number of imidazole rings is 1. The number of rotatable bonds is 9. The van der Waals surface area contributed by atoms with E-state index in [-0.39, 0.29) is 24.4 Å². The molecule has 42 heavy (non-hydrogen) atoms. The first-order chi connectivity index (χ1) is 20.2. The van der Waals surface area contributed by atoms with Crippen LogP contribution in [0.5, 0.6) is 17.5 Å². The molecule has 1 atom stereocenters. The Bertz CT molecular complexity index is 1590. The smallest absolute Gasteiger partial charge is 0.337 e. The van der Waals surface area contributed by atoms with Gasteiger partial charge >= 0.3 is 5.97 Å². The number of pyridine rings is 1. The van der Waals surface area contributed by atoms with E-state index in [2.05, 4.69) is 4.98 Å². The van der Waals surface area contributed by atoms with Crippen LogP contribution in [0.4, 0.5) is 8.78 Å². The molecular formula is C32H35F2N3O5. The SMILES string of the molecule is COC(=O)c1cc(C)c(OCC(C2CCCCC2)n2c(-c3ccc(OC)nc3OC)nc3cc(F)c(F)cc32)c(C)c1. The number of aromatic nitrogens is 3. The Balaban J connectivity index is 1.66. The number of methoxy groups -OCH3 is 3. The number of ether oxygens (including phenoxy) is 4. The normalized spacial score (nSPS) is 14.5. The standard InChI is InChI=1S/C32H35F2N3O5/c1-18-13-21(32(38)41-5)14-19(2)29(18)42-17-27(20-9-7-6-8-10-20)37-26-16-24(34)23(33)15-25(26)35-30(37)22-11-12-28(39-3)36-31(22)40-4/h11-16,20,27H,6-10,17H2,1-5H3. The van der Waals surface area contributed by atoms with Gasteiger partial charge in [-0.1, -0.05) is 19.3 Å². The molecule has 1 aliphatic carbocycles. The van der Waals surface area contributed by atoms with Gasteiger partial charge in [0.05, 0.1) is 49.5 Å². The Morgan fingerprint density at radius 1 is 0.952 bits per heavy atom. The van der Waals surface area contributed by atoms with Crippen LogP contribution < -0.4 is 14.2 Å². The van der Waals surface area contributed by atoms with Crippen LogP contribution in [0.25, 0.3) is 22.4 Å². The van der Waals surface area contributed by atoms with Gasteiger partial charge in [0.15, 0.2) is 11.6 Å². The van der Waals surface area contributed by atoms with E-state index in [1.807, 2.05) is 18.4 Å². The molecule has 10 heteroatoms. The van der Waals surface area contributed by atoms with Crippen LogP contribution in [0.2, 0.25) is 0 Å². The first kappa shape index (κ1) is 29.3. The number of hydrogen-bond acceptors (Lipinski definition) is 7. The van der Waals surface area contributed by atoms with E-state index in [1.54, 1.807) is 24.3 Å². The Hall–Kier alpha value is -4.21. The molecule has 0 spiro atoms. The third-order valence-electron chi connectivity index (χ3n) is 8.02. The quantitative estimate of drug-likeness (QED) is 0.198. The fraction of sp³-hybridized carbons (Fsp3) is 0.406. The first-order valence-corrected chi connectivity index (χ1v) is 14.0. The van der Waals surface area contributed by atoms with Gasteiger partial charge in [0, 0.05) is 18.2 Å². The second-order valence-electron chi connectivity index (χ2n) is 10.7. The summed E-state index contributed by atoms with van der Waals surface area (Å²) >= 11 is 0. The average Bonchev–Trinajstić information content (AvgIpc) is 3.35. The molecule has 0 aliphatic heterocycles. The summed E-state index contributed by atoms with van der Waals surface area (Å²) in [4.78, 5) is 21.4. The summed E-state index contributed by atoms with van der Waals surface area (Å²) in [6.45, 7) is 4.01. The zero-order valence-electron chi connectivity index (χ0n) is 24.5. The van der Waals surface area contributed by atoms with Crippen molar-refractivity contribution < 1.29 is 32.5 Å². The molecule has 0 N–H and O–H groups in total. The van der Waals surface area contributed by atoms with Gasteiger partial charge < -0.3 is 23.5 Å². The minimum absolute atomic E-state index is 0.190. The summed E-state index contributed by atoms with van der Waals surface area (Å²) in [5, 5.41) is 0. The van der Waals surface area contributed by atoms with Crippen molar-refractivity contribution in [3.05, 3.63) is 64.7 Å². The van der Waals surface area contributed by atoms with Crippen molar-refractivity contribution in [2.75, 3.05) is 27.9 Å². The van der Waals surface area contributed by atoms with Gasteiger partial charge in [-0.2, -0.15) is 4.98 Å². The van der Waals surface area contributed by atoms with Crippen molar-refractivity contribution in [3.63, 3.8) is 0 Å². The van der Waals surface area contributed by atoms with Crippen molar-refractivity contribution in [2.45, 2.75) is 52.0 Å². The lowest BCUT2D eigenvalue weighted by Crippen LogP contribution is -2.28. The zero-order chi connectivity index (χ0) is 30.0. The molecule has 2 heterocycles. The summed E-state index contributed by atoms with van der Waals surface area (Å²) in [7, 11) is 4.37. The van der Waals surface area contributed by atoms with Crippen LogP contribution >= 0.6 is 0 Å². The molecule has 2 aromatic carbocycles. The summed E-state index contributed by atoms with van der Waals surface area (Å²) in [5.74, 6) is -0.381. The molecule has 5 rings (SSSR count). The molecule has 0 saturated heterocycles. The first-order valence-electron chi connectivity index (χ1n) is 14.0. The molecule has 2 aromatic heterocycles. The van der Waals surface area contributed by atoms with Gasteiger partial charge in [0.2, 0.25) is 11.8 Å². The number of fused-ring (bicyclic) bond motifs is 1. The molecule has 1 aliphatic rings. The topological polar surface area (TPSA) is 84.7 Å². The van der Waals surface area contributed by atoms with E-state index in [0.717, 1.165) is 49.3 Å². The third kappa shape index (κ3) is 5.62. The Labute approximate surface area is 243 Å². The predicted molar refractivity (Wildman–Crippen MR) is 154 cm³/mol. The van der Waals surface area contributed by atoms with E-state index in [9.17, 15) is 13.6 Å². The van der Waals surface area contributed by atoms with Gasteiger partial charge in [-0.15, -0.1) is 0 Å². The molecule has 1 saturated carbocycles. The minimum atomic E-state index is -0.971. The number of halogens is 2. The summed E-state index contributed by atoms with van der Waals surface area (Å²) in [6, 6.07) is 9.01. The third-order valence-corrected chi connectivity index (χ3v) is 8.02. The number of aryl methyl sites for hydroxylation is 2. The van der Waals surface area contributed by atoms with Crippen LogP contribution in [0.1, 0.15) is 59.6 Å². The van der Waals surface area contributed by atoms with Gasteiger partial charge in [-0.25, -0.2) is 18.6 Å². The molecule has 1 unspecified atom stereocenters. The Morgan fingerprint density at radius 2 is 1.64 bits per heavy atom. The van der Waals surface area contributed by atoms with Crippen LogP contribution in [-0.2, 0) is 4.74 Å². The molecule has 0 amide bonds. The van der Waals surface area contributed by atoms with E-state index >= 15 is 0 Å². The highest BCUT2D eigenvalue weighted by molar-refractivity contribution is 5.90. The van der Waals surface area contributed by atoms with Crippen molar-refractivity contribution in [3.8, 4) is 28.9 Å². The fourth-order valence-corrected chi connectivity index (χ4v) is 6.00. The number of carbonyl (C=O) groups is 1. The highest BCUT2D eigenvalue weighted by atomic mass is 19.2. The van der Waals surface area contributed by atoms with Gasteiger partial charge in [0.1, 0.15) is 18.2 Å². The van der Waals surface area contributed by atoms with E-state index in [0.29, 0.717) is 39.6 Å². The summed E-state index contributed by atoms with van der Waals surface area (Å²) in [6.07, 6.45) is 5.17. The average molecular weight is 580 g/mol. The van der Waals surface area contributed by atoms with Crippen molar-refractivity contribution in [1.82, 2.24) is 14.5 Å². The number of hydrogen-bond donors (Lipinski definition) is 0. The fourth-order valence-electron chi connectivity index (χ4n) is 6.00.